The molecule has 1 atom stereocenters. The maximum absolute atomic E-state index is 11.5. The number of amides is 2. The van der Waals surface area contributed by atoms with Crippen molar-refractivity contribution < 1.29 is 22.6 Å². The summed E-state index contributed by atoms with van der Waals surface area (Å²) in [5.74, 6) is -0.491. The molecular weight excluding hydrogens is 370 g/mol. The normalized spacial score (nSPS) is 17.3. The Labute approximate surface area is 159 Å². The molecule has 9 heteroatoms. The molecule has 1 unspecified atom stereocenters. The number of hydrogen-bond donors (Lipinski definition) is 4. The molecule has 1 aromatic rings. The molecule has 27 heavy (non-hydrogen) atoms. The van der Waals surface area contributed by atoms with Crippen LogP contribution in [0.1, 0.15) is 33.6 Å². The smallest absolute Gasteiger partial charge is 0.290 e. The topological polar surface area (TPSA) is 139 Å². The van der Waals surface area contributed by atoms with Gasteiger partial charge < -0.3 is 11.1 Å². The first-order valence-corrected chi connectivity index (χ1v) is 9.68. The van der Waals surface area contributed by atoms with Crippen LogP contribution in [0.3, 0.4) is 0 Å². The molecule has 0 bridgehead atoms. The summed E-state index contributed by atoms with van der Waals surface area (Å²) in [5, 5.41) is 5.34. The van der Waals surface area contributed by atoms with Gasteiger partial charge >= 0.3 is 0 Å². The number of allylic oxidation sites excluding steroid dienone is 4. The quantitative estimate of drug-likeness (QED) is 0.265. The van der Waals surface area contributed by atoms with Crippen LogP contribution in [-0.4, -0.2) is 30.8 Å². The van der Waals surface area contributed by atoms with Crippen molar-refractivity contribution in [3.63, 3.8) is 0 Å². The van der Waals surface area contributed by atoms with Crippen molar-refractivity contribution in [1.82, 2.24) is 5.32 Å². The van der Waals surface area contributed by atoms with E-state index in [0.717, 1.165) is 11.3 Å². The first-order valence-electron chi connectivity index (χ1n) is 8.24. The summed E-state index contributed by atoms with van der Waals surface area (Å²) in [6.07, 6.45) is 3.87. The van der Waals surface area contributed by atoms with Gasteiger partial charge in [0.15, 0.2) is 0 Å². The van der Waals surface area contributed by atoms with Gasteiger partial charge in [0.05, 0.1) is 4.91 Å². The first kappa shape index (κ1) is 22.4. The molecule has 0 aromatic heterocycles. The monoisotopic (exact) mass is 395 g/mol. The molecule has 0 aliphatic carbocycles. The van der Waals surface area contributed by atoms with Crippen molar-refractivity contribution in [1.29, 1.82) is 0 Å². The molecule has 5 N–H and O–H groups in total. The lowest BCUT2D eigenvalue weighted by Gasteiger charge is -2.22. The lowest BCUT2D eigenvalue weighted by Crippen LogP contribution is -2.47. The van der Waals surface area contributed by atoms with E-state index in [-0.39, 0.29) is 22.8 Å². The number of imide groups is 1. The van der Waals surface area contributed by atoms with Gasteiger partial charge in [-0.3, -0.25) is 19.5 Å². The number of nitrogen functional groups attached to an aromatic ring is 1. The lowest BCUT2D eigenvalue weighted by atomic mass is 10.1. The van der Waals surface area contributed by atoms with Gasteiger partial charge in [0.2, 0.25) is 11.8 Å². The third-order valence-electron chi connectivity index (χ3n) is 3.52. The largest absolute Gasteiger partial charge is 0.399 e. The molecule has 1 aliphatic rings. The number of anilines is 2. The minimum atomic E-state index is -3.98. The summed E-state index contributed by atoms with van der Waals surface area (Å²) in [5.41, 5.74) is 8.03. The number of hydrogen-bond acceptors (Lipinski definition) is 6. The standard InChI is InChI=1S/C11H13N3O2.C7H12O3S/c12-7-2-1-3-8(6-7)13-9-4-5-10(15)14-11(9)16;1-6(2)4-5-7(3)11(8,9)10/h1-3,6,9,13H,4-5,12H2,(H,14,15,16);4-5H,1-3H3,(H,8,9,10)/b;7-5+. The lowest BCUT2D eigenvalue weighted by molar-refractivity contribution is -0.133. The molecule has 8 nitrogen and oxygen atoms in total. The maximum atomic E-state index is 11.5. The highest BCUT2D eigenvalue weighted by atomic mass is 32.2. The van der Waals surface area contributed by atoms with E-state index in [9.17, 15) is 18.0 Å². The summed E-state index contributed by atoms with van der Waals surface area (Å²) in [6.45, 7) is 5.02. The van der Waals surface area contributed by atoms with Gasteiger partial charge in [-0.2, -0.15) is 8.42 Å². The van der Waals surface area contributed by atoms with Gasteiger partial charge in [0, 0.05) is 17.8 Å². The predicted molar refractivity (Wildman–Crippen MR) is 105 cm³/mol. The summed E-state index contributed by atoms with van der Waals surface area (Å²) < 4.78 is 29.3. The molecule has 1 aliphatic heterocycles. The van der Waals surface area contributed by atoms with Crippen molar-refractivity contribution in [3.05, 3.63) is 46.9 Å². The van der Waals surface area contributed by atoms with Gasteiger partial charge in [0.25, 0.3) is 10.1 Å². The fourth-order valence-corrected chi connectivity index (χ4v) is 2.27. The second kappa shape index (κ2) is 9.89. The summed E-state index contributed by atoms with van der Waals surface area (Å²) in [4.78, 5) is 22.4. The minimum Gasteiger partial charge on any atom is -0.399 e. The number of benzene rings is 1. The second-order valence-electron chi connectivity index (χ2n) is 6.27. The van der Waals surface area contributed by atoms with Crippen LogP contribution in [0.15, 0.2) is 46.9 Å². The fourth-order valence-electron chi connectivity index (χ4n) is 2.03. The maximum Gasteiger partial charge on any atom is 0.290 e. The Kier molecular flexibility index (Phi) is 8.20. The van der Waals surface area contributed by atoms with Crippen molar-refractivity contribution in [2.45, 2.75) is 39.7 Å². The zero-order valence-corrected chi connectivity index (χ0v) is 16.3. The minimum absolute atomic E-state index is 0.0429. The number of carbonyl (C=O) groups is 2. The van der Waals surface area contributed by atoms with E-state index in [0.29, 0.717) is 18.5 Å². The van der Waals surface area contributed by atoms with E-state index in [2.05, 4.69) is 10.6 Å². The second-order valence-corrected chi connectivity index (χ2v) is 7.86. The Balaban J connectivity index is 0.000000293. The van der Waals surface area contributed by atoms with Crippen LogP contribution >= 0.6 is 0 Å². The number of carbonyl (C=O) groups excluding carboxylic acids is 2. The van der Waals surface area contributed by atoms with Gasteiger partial charge in [-0.25, -0.2) is 0 Å². The highest BCUT2D eigenvalue weighted by Gasteiger charge is 2.26. The molecular formula is C18H25N3O5S. The number of rotatable bonds is 4. The zero-order valence-electron chi connectivity index (χ0n) is 15.5. The van der Waals surface area contributed by atoms with Crippen molar-refractivity contribution in [3.8, 4) is 0 Å². The molecule has 2 amide bonds. The van der Waals surface area contributed by atoms with Crippen LogP contribution in [0.5, 0.6) is 0 Å². The van der Waals surface area contributed by atoms with Crippen LogP contribution in [0, 0.1) is 0 Å². The third-order valence-corrected chi connectivity index (χ3v) is 4.47. The third kappa shape index (κ3) is 8.52. The van der Waals surface area contributed by atoms with Crippen LogP contribution in [0.2, 0.25) is 0 Å². The molecule has 1 heterocycles. The average molecular weight is 395 g/mol. The highest BCUT2D eigenvalue weighted by Crippen LogP contribution is 2.16. The predicted octanol–water partition coefficient (Wildman–Crippen LogP) is 2.23. The number of nitrogens with two attached hydrogens (primary N) is 1. The fraction of sp³-hybridized carbons (Fsp3) is 0.333. The van der Waals surface area contributed by atoms with E-state index < -0.39 is 10.1 Å². The SMILES string of the molecule is CC(C)=C/C=C(\C)S(=O)(=O)O.Nc1cccc(NC2CCC(=O)NC2=O)c1. The van der Waals surface area contributed by atoms with Gasteiger partial charge in [-0.1, -0.05) is 17.7 Å². The van der Waals surface area contributed by atoms with Crippen molar-refractivity contribution in [2.75, 3.05) is 11.1 Å². The Morgan fingerprint density at radius 2 is 1.93 bits per heavy atom. The van der Waals surface area contributed by atoms with E-state index in [1.165, 1.54) is 13.0 Å². The molecule has 0 saturated carbocycles. The van der Waals surface area contributed by atoms with Crippen molar-refractivity contribution >= 4 is 33.3 Å². The molecule has 0 radical (unpaired) electrons. The van der Waals surface area contributed by atoms with Gasteiger partial charge in [0.1, 0.15) is 6.04 Å². The van der Waals surface area contributed by atoms with Crippen LogP contribution in [0.4, 0.5) is 11.4 Å². The Bertz CT molecular complexity index is 856. The Morgan fingerprint density at radius 1 is 1.26 bits per heavy atom. The van der Waals surface area contributed by atoms with Gasteiger partial charge in [-0.15, -0.1) is 0 Å². The van der Waals surface area contributed by atoms with E-state index in [4.69, 9.17) is 10.3 Å². The van der Waals surface area contributed by atoms with E-state index in [1.807, 2.05) is 26.0 Å². The summed E-state index contributed by atoms with van der Waals surface area (Å²) in [6, 6.07) is 6.81. The highest BCUT2D eigenvalue weighted by molar-refractivity contribution is 7.89. The van der Waals surface area contributed by atoms with Crippen LogP contribution in [0.25, 0.3) is 0 Å². The molecule has 0 spiro atoms. The average Bonchev–Trinajstić information content (AvgIpc) is 2.55. The van der Waals surface area contributed by atoms with Gasteiger partial charge in [-0.05, 0) is 51.5 Å². The number of piperidine rings is 1. The summed E-state index contributed by atoms with van der Waals surface area (Å²) in [7, 11) is -3.98. The van der Waals surface area contributed by atoms with Crippen LogP contribution in [-0.2, 0) is 19.7 Å². The Hall–Kier alpha value is -2.65. The molecule has 1 saturated heterocycles. The molecule has 148 valence electrons. The number of nitrogens with one attached hydrogen (secondary N) is 2. The van der Waals surface area contributed by atoms with E-state index in [1.54, 1.807) is 18.2 Å². The van der Waals surface area contributed by atoms with Crippen LogP contribution < -0.4 is 16.4 Å². The molecule has 1 fully saturated rings. The molecule has 1 aromatic carbocycles. The van der Waals surface area contributed by atoms with Crippen molar-refractivity contribution in [2.24, 2.45) is 0 Å². The Morgan fingerprint density at radius 3 is 2.44 bits per heavy atom. The zero-order chi connectivity index (χ0) is 20.6. The van der Waals surface area contributed by atoms with E-state index >= 15 is 0 Å². The summed E-state index contributed by atoms with van der Waals surface area (Å²) >= 11 is 0. The molecule has 2 rings (SSSR count). The first-order chi connectivity index (χ1) is 12.5.